The Labute approximate surface area is 120 Å². The summed E-state index contributed by atoms with van der Waals surface area (Å²) in [6.45, 7) is 8.88. The molecule has 0 bridgehead atoms. The highest BCUT2D eigenvalue weighted by Gasteiger charge is 1.95. The molecule has 0 heterocycles. The molecule has 18 heavy (non-hydrogen) atoms. The highest BCUT2D eigenvalue weighted by molar-refractivity contribution is 9.10. The molecule has 0 unspecified atom stereocenters. The number of hydrogen-bond donors (Lipinski definition) is 1. The first-order chi connectivity index (χ1) is 8.58. The van der Waals surface area contributed by atoms with Gasteiger partial charge in [-0.15, -0.1) is 0 Å². The van der Waals surface area contributed by atoms with Crippen molar-refractivity contribution in [1.29, 1.82) is 0 Å². The Morgan fingerprint density at radius 2 is 1.94 bits per heavy atom. The fraction of sp³-hybridized carbons (Fsp3) is 0.500. The third-order valence-electron chi connectivity index (χ3n) is 2.76. The molecule has 0 amide bonds. The van der Waals surface area contributed by atoms with Crippen molar-refractivity contribution in [3.63, 3.8) is 0 Å². The maximum atomic E-state index is 3.46. The molecule has 0 aliphatic carbocycles. The van der Waals surface area contributed by atoms with Crippen molar-refractivity contribution in [2.24, 2.45) is 5.92 Å². The van der Waals surface area contributed by atoms with Crippen molar-refractivity contribution in [1.82, 2.24) is 5.32 Å². The molecule has 0 atom stereocenters. The second-order valence-corrected chi connectivity index (χ2v) is 6.16. The number of rotatable bonds is 7. The molecule has 0 saturated heterocycles. The topological polar surface area (TPSA) is 12.0 Å². The first-order valence-corrected chi connectivity index (χ1v) is 7.48. The van der Waals surface area contributed by atoms with Crippen LogP contribution < -0.4 is 5.32 Å². The van der Waals surface area contributed by atoms with Crippen molar-refractivity contribution in [2.75, 3.05) is 13.1 Å². The quantitative estimate of drug-likeness (QED) is 0.574. The number of nitrogens with one attached hydrogen (secondary N) is 1. The van der Waals surface area contributed by atoms with E-state index in [0.717, 1.165) is 36.3 Å². The molecule has 1 nitrogen and oxygen atoms in total. The lowest BCUT2D eigenvalue weighted by Gasteiger charge is -2.06. The average molecular weight is 310 g/mol. The Kier molecular flexibility index (Phi) is 7.29. The summed E-state index contributed by atoms with van der Waals surface area (Å²) >= 11 is 3.46. The van der Waals surface area contributed by atoms with Gasteiger partial charge in [-0.25, -0.2) is 0 Å². The molecule has 100 valence electrons. The Morgan fingerprint density at radius 3 is 2.56 bits per heavy atom. The van der Waals surface area contributed by atoms with Gasteiger partial charge >= 0.3 is 0 Å². The van der Waals surface area contributed by atoms with Gasteiger partial charge in [0.25, 0.3) is 0 Å². The molecule has 2 heteroatoms. The van der Waals surface area contributed by atoms with Crippen LogP contribution in [0.5, 0.6) is 0 Å². The third-order valence-corrected chi connectivity index (χ3v) is 3.29. The molecular formula is C16H24BrN. The van der Waals surface area contributed by atoms with E-state index in [4.69, 9.17) is 0 Å². The van der Waals surface area contributed by atoms with Crippen LogP contribution in [0.3, 0.4) is 0 Å². The van der Waals surface area contributed by atoms with Crippen LogP contribution in [-0.4, -0.2) is 13.1 Å². The van der Waals surface area contributed by atoms with E-state index >= 15 is 0 Å². The predicted octanol–water partition coefficient (Wildman–Crippen LogP) is 4.57. The monoisotopic (exact) mass is 309 g/mol. The van der Waals surface area contributed by atoms with E-state index in [1.165, 1.54) is 11.1 Å². The fourth-order valence-corrected chi connectivity index (χ4v) is 2.07. The van der Waals surface area contributed by atoms with Crippen LogP contribution in [0.1, 0.15) is 32.8 Å². The summed E-state index contributed by atoms with van der Waals surface area (Å²) in [5, 5.41) is 3.46. The minimum Gasteiger partial charge on any atom is -0.316 e. The molecule has 0 aromatic heterocycles. The summed E-state index contributed by atoms with van der Waals surface area (Å²) in [5.74, 6) is 0.734. The molecule has 1 aromatic rings. The SMILES string of the molecule is CC(=CCCNCC(C)C)Cc1ccc(Br)cc1. The summed E-state index contributed by atoms with van der Waals surface area (Å²) in [7, 11) is 0. The van der Waals surface area contributed by atoms with Crippen LogP contribution in [0.4, 0.5) is 0 Å². The minimum absolute atomic E-state index is 0.734. The van der Waals surface area contributed by atoms with Crippen LogP contribution in [0.25, 0.3) is 0 Å². The normalized spacial score (nSPS) is 12.2. The van der Waals surface area contributed by atoms with E-state index in [2.05, 4.69) is 72.4 Å². The van der Waals surface area contributed by atoms with Crippen LogP contribution >= 0.6 is 15.9 Å². The van der Waals surface area contributed by atoms with Gasteiger partial charge in [0, 0.05) is 4.47 Å². The molecule has 0 spiro atoms. The third kappa shape index (κ3) is 6.97. The number of hydrogen-bond acceptors (Lipinski definition) is 1. The second-order valence-electron chi connectivity index (χ2n) is 5.24. The smallest absolute Gasteiger partial charge is 0.0175 e. The summed E-state index contributed by atoms with van der Waals surface area (Å²) in [6, 6.07) is 8.57. The molecule has 1 aromatic carbocycles. The Hall–Kier alpha value is -0.600. The lowest BCUT2D eigenvalue weighted by Crippen LogP contribution is -2.20. The van der Waals surface area contributed by atoms with Gasteiger partial charge in [0.2, 0.25) is 0 Å². The van der Waals surface area contributed by atoms with Crippen LogP contribution in [0.15, 0.2) is 40.4 Å². The molecule has 0 aliphatic rings. The van der Waals surface area contributed by atoms with Crippen LogP contribution in [0, 0.1) is 5.92 Å². The Balaban J connectivity index is 2.27. The van der Waals surface area contributed by atoms with E-state index in [-0.39, 0.29) is 0 Å². The lowest BCUT2D eigenvalue weighted by atomic mass is 10.1. The number of halogens is 1. The van der Waals surface area contributed by atoms with Crippen LogP contribution in [-0.2, 0) is 6.42 Å². The van der Waals surface area contributed by atoms with Crippen molar-refractivity contribution >= 4 is 15.9 Å². The lowest BCUT2D eigenvalue weighted by molar-refractivity contribution is 0.556. The summed E-state index contributed by atoms with van der Waals surface area (Å²) < 4.78 is 1.14. The molecule has 1 N–H and O–H groups in total. The van der Waals surface area contributed by atoms with Gasteiger partial charge < -0.3 is 5.32 Å². The first-order valence-electron chi connectivity index (χ1n) is 6.68. The van der Waals surface area contributed by atoms with Crippen molar-refractivity contribution in [2.45, 2.75) is 33.6 Å². The van der Waals surface area contributed by atoms with E-state index < -0.39 is 0 Å². The Morgan fingerprint density at radius 1 is 1.28 bits per heavy atom. The summed E-state index contributed by atoms with van der Waals surface area (Å²) in [4.78, 5) is 0. The van der Waals surface area contributed by atoms with Gasteiger partial charge in [-0.2, -0.15) is 0 Å². The van der Waals surface area contributed by atoms with Gasteiger partial charge in [0.15, 0.2) is 0 Å². The van der Waals surface area contributed by atoms with Gasteiger partial charge in [-0.05, 0) is 56.5 Å². The predicted molar refractivity (Wildman–Crippen MR) is 83.9 cm³/mol. The summed E-state index contributed by atoms with van der Waals surface area (Å²) in [6.07, 6.45) is 4.52. The molecule has 0 saturated carbocycles. The van der Waals surface area contributed by atoms with E-state index in [1.54, 1.807) is 0 Å². The van der Waals surface area contributed by atoms with E-state index in [9.17, 15) is 0 Å². The van der Waals surface area contributed by atoms with Crippen molar-refractivity contribution in [3.05, 3.63) is 46.0 Å². The van der Waals surface area contributed by atoms with E-state index in [1.807, 2.05) is 0 Å². The maximum Gasteiger partial charge on any atom is 0.0175 e. The first kappa shape index (κ1) is 15.5. The van der Waals surface area contributed by atoms with Crippen LogP contribution in [0.2, 0.25) is 0 Å². The van der Waals surface area contributed by atoms with Crippen molar-refractivity contribution < 1.29 is 0 Å². The average Bonchev–Trinajstić information content (AvgIpc) is 2.31. The number of benzene rings is 1. The number of allylic oxidation sites excluding steroid dienone is 1. The zero-order chi connectivity index (χ0) is 13.4. The standard InChI is InChI=1S/C16H24BrN/c1-13(2)12-18-10-4-5-14(3)11-15-6-8-16(17)9-7-15/h5-9,13,18H,4,10-12H2,1-3H3. The van der Waals surface area contributed by atoms with Gasteiger partial charge in [-0.3, -0.25) is 0 Å². The molecular weight excluding hydrogens is 286 g/mol. The highest BCUT2D eigenvalue weighted by atomic mass is 79.9. The fourth-order valence-electron chi connectivity index (χ4n) is 1.81. The maximum absolute atomic E-state index is 3.46. The Bertz CT molecular complexity index is 365. The molecule has 1 rings (SSSR count). The van der Waals surface area contributed by atoms with Gasteiger partial charge in [0.1, 0.15) is 0 Å². The van der Waals surface area contributed by atoms with Gasteiger partial charge in [-0.1, -0.05) is 53.6 Å². The largest absolute Gasteiger partial charge is 0.316 e. The minimum atomic E-state index is 0.734. The van der Waals surface area contributed by atoms with Gasteiger partial charge in [0.05, 0.1) is 0 Å². The zero-order valence-electron chi connectivity index (χ0n) is 11.7. The molecule has 0 fully saturated rings. The van der Waals surface area contributed by atoms with E-state index in [0.29, 0.717) is 0 Å². The molecule has 0 aliphatic heterocycles. The zero-order valence-corrected chi connectivity index (χ0v) is 13.3. The second kappa shape index (κ2) is 8.49. The van der Waals surface area contributed by atoms with Crippen molar-refractivity contribution in [3.8, 4) is 0 Å². The summed E-state index contributed by atoms with van der Waals surface area (Å²) in [5.41, 5.74) is 2.82. The highest BCUT2D eigenvalue weighted by Crippen LogP contribution is 2.13. The molecule has 0 radical (unpaired) electrons.